The Hall–Kier alpha value is -3.42. The van der Waals surface area contributed by atoms with Crippen LogP contribution in [-0.2, 0) is 4.79 Å². The minimum absolute atomic E-state index is 0.00883. The van der Waals surface area contributed by atoms with Crippen LogP contribution in [0, 0.1) is 17.1 Å². The van der Waals surface area contributed by atoms with Crippen molar-refractivity contribution in [2.24, 2.45) is 0 Å². The smallest absolute Gasteiger partial charge is 0.405 e. The zero-order valence-corrected chi connectivity index (χ0v) is 19.8. The summed E-state index contributed by atoms with van der Waals surface area (Å²) in [6.45, 7) is 3.35. The second kappa shape index (κ2) is 8.42. The number of carboxylic acid groups (broad SMARTS) is 1. The highest BCUT2D eigenvalue weighted by Crippen LogP contribution is 2.39. The molecule has 2 amide bonds. The van der Waals surface area contributed by atoms with Crippen LogP contribution in [0.25, 0.3) is 0 Å². The average Bonchev–Trinajstić information content (AvgIpc) is 3.48. The molecule has 0 spiro atoms. The highest BCUT2D eigenvalue weighted by molar-refractivity contribution is 7.81. The summed E-state index contributed by atoms with van der Waals surface area (Å²) >= 11 is 11.7. The van der Waals surface area contributed by atoms with Crippen LogP contribution in [0.4, 0.5) is 20.6 Å². The Morgan fingerprint density at radius 1 is 1.29 bits per heavy atom. The Labute approximate surface area is 205 Å². The molecule has 2 aromatic carbocycles. The highest BCUT2D eigenvalue weighted by Gasteiger charge is 2.50. The number of hydrogen-bond acceptors (Lipinski definition) is 5. The normalized spacial score (nSPS) is 18.0. The van der Waals surface area contributed by atoms with Crippen molar-refractivity contribution in [1.29, 1.82) is 5.26 Å². The minimum Gasteiger partial charge on any atom is -0.488 e. The van der Waals surface area contributed by atoms with Gasteiger partial charge in [0.15, 0.2) is 16.7 Å². The van der Waals surface area contributed by atoms with Crippen LogP contribution in [0.2, 0.25) is 5.02 Å². The summed E-state index contributed by atoms with van der Waals surface area (Å²) in [5.41, 5.74) is -0.806. The third-order valence-corrected chi connectivity index (χ3v) is 6.58. The monoisotopic (exact) mass is 502 g/mol. The molecular formula is C23H20ClFN4O4S. The molecular weight excluding hydrogens is 483 g/mol. The molecule has 1 saturated carbocycles. The Morgan fingerprint density at radius 2 is 1.97 bits per heavy atom. The highest BCUT2D eigenvalue weighted by atomic mass is 35.5. The van der Waals surface area contributed by atoms with Crippen LogP contribution < -0.4 is 19.9 Å². The number of rotatable bonds is 6. The van der Waals surface area contributed by atoms with Gasteiger partial charge in [0.25, 0.3) is 5.91 Å². The van der Waals surface area contributed by atoms with Gasteiger partial charge < -0.3 is 20.1 Å². The fourth-order valence-corrected chi connectivity index (χ4v) is 4.57. The zero-order valence-electron chi connectivity index (χ0n) is 18.3. The Bertz CT molecular complexity index is 1260. The number of carbonyl (C=O) groups excluding carboxylic acids is 1. The molecule has 2 fully saturated rings. The molecule has 1 saturated heterocycles. The van der Waals surface area contributed by atoms with Crippen molar-refractivity contribution in [2.75, 3.05) is 16.4 Å². The van der Waals surface area contributed by atoms with E-state index in [4.69, 9.17) is 38.9 Å². The quantitative estimate of drug-likeness (QED) is 0.562. The molecule has 0 radical (unpaired) electrons. The second-order valence-corrected chi connectivity index (χ2v) is 9.48. The van der Waals surface area contributed by atoms with Crippen LogP contribution >= 0.6 is 23.8 Å². The standard InChI is InChI=1S/C23H20ClFN4O4S/c1-22(2)19(30)28(14-4-3-13(11-26)16(24)9-14)21(34)29(22)15-5-6-18(17(25)10-15)33-12-23(7-8-23)27-20(31)32/h3-6,9-10,27H,7-8,12H2,1-2H3,(H,31,32). The summed E-state index contributed by atoms with van der Waals surface area (Å²) in [6, 6.07) is 10.8. The second-order valence-electron chi connectivity index (χ2n) is 8.71. The molecule has 1 aliphatic heterocycles. The molecule has 2 aromatic rings. The SMILES string of the molecule is CC1(C)C(=O)N(c2ccc(C#N)c(Cl)c2)C(=S)N1c1ccc(OCC2(NC(=O)O)CC2)c(F)c1. The number of nitrogens with zero attached hydrogens (tertiary/aromatic N) is 3. The zero-order chi connectivity index (χ0) is 24.8. The molecule has 1 heterocycles. The van der Waals surface area contributed by atoms with E-state index in [1.165, 1.54) is 34.1 Å². The topological polar surface area (TPSA) is 106 Å². The van der Waals surface area contributed by atoms with E-state index in [9.17, 15) is 14.0 Å². The van der Waals surface area contributed by atoms with E-state index >= 15 is 0 Å². The van der Waals surface area contributed by atoms with E-state index in [1.54, 1.807) is 26.0 Å². The molecule has 2 N–H and O–H groups in total. The van der Waals surface area contributed by atoms with Crippen molar-refractivity contribution < 1.29 is 23.8 Å². The van der Waals surface area contributed by atoms with Gasteiger partial charge in [-0.2, -0.15) is 5.26 Å². The molecule has 8 nitrogen and oxygen atoms in total. The number of anilines is 2. The van der Waals surface area contributed by atoms with Crippen molar-refractivity contribution >= 4 is 52.3 Å². The fraction of sp³-hybridized carbons (Fsp3) is 0.304. The lowest BCUT2D eigenvalue weighted by atomic mass is 10.0. The lowest BCUT2D eigenvalue weighted by Crippen LogP contribution is -2.44. The number of hydrogen-bond donors (Lipinski definition) is 2. The number of carbonyl (C=O) groups is 2. The van der Waals surface area contributed by atoms with Gasteiger partial charge in [0.2, 0.25) is 0 Å². The predicted molar refractivity (Wildman–Crippen MR) is 128 cm³/mol. The van der Waals surface area contributed by atoms with Gasteiger partial charge in [-0.25, -0.2) is 9.18 Å². The van der Waals surface area contributed by atoms with E-state index in [0.29, 0.717) is 24.2 Å². The number of benzene rings is 2. The van der Waals surface area contributed by atoms with Gasteiger partial charge in [-0.15, -0.1) is 0 Å². The Kier molecular flexibility index (Phi) is 5.87. The third kappa shape index (κ3) is 4.13. The number of ether oxygens (including phenoxy) is 1. The molecule has 1 aliphatic carbocycles. The van der Waals surface area contributed by atoms with Gasteiger partial charge >= 0.3 is 6.09 Å². The minimum atomic E-state index is -1.15. The maximum atomic E-state index is 14.9. The molecule has 4 rings (SSSR count). The van der Waals surface area contributed by atoms with Gasteiger partial charge in [-0.1, -0.05) is 11.6 Å². The first-order chi connectivity index (χ1) is 16.0. The number of nitriles is 1. The molecule has 0 bridgehead atoms. The molecule has 2 aliphatic rings. The van der Waals surface area contributed by atoms with Crippen LogP contribution in [0.1, 0.15) is 32.3 Å². The maximum Gasteiger partial charge on any atom is 0.405 e. The van der Waals surface area contributed by atoms with Crippen LogP contribution in [0.5, 0.6) is 5.75 Å². The Balaban J connectivity index is 1.59. The van der Waals surface area contributed by atoms with E-state index in [0.717, 1.165) is 0 Å². The van der Waals surface area contributed by atoms with Crippen molar-refractivity contribution in [2.45, 2.75) is 37.8 Å². The summed E-state index contributed by atoms with van der Waals surface area (Å²) in [6.07, 6.45) is 0.0819. The first-order valence-corrected chi connectivity index (χ1v) is 11.1. The number of thiocarbonyl (C=S) groups is 1. The molecule has 11 heteroatoms. The van der Waals surface area contributed by atoms with Gasteiger partial charge in [-0.05, 0) is 69.2 Å². The summed E-state index contributed by atoms with van der Waals surface area (Å²) in [7, 11) is 0. The fourth-order valence-electron chi connectivity index (χ4n) is 3.83. The van der Waals surface area contributed by atoms with Gasteiger partial charge in [0.1, 0.15) is 18.2 Å². The van der Waals surface area contributed by atoms with E-state index in [1.807, 2.05) is 6.07 Å². The average molecular weight is 503 g/mol. The van der Waals surface area contributed by atoms with Crippen molar-refractivity contribution in [3.63, 3.8) is 0 Å². The first-order valence-electron chi connectivity index (χ1n) is 10.3. The third-order valence-electron chi connectivity index (χ3n) is 5.90. The van der Waals surface area contributed by atoms with Gasteiger partial charge in [-0.3, -0.25) is 9.69 Å². The van der Waals surface area contributed by atoms with Crippen molar-refractivity contribution in [3.05, 3.63) is 52.8 Å². The van der Waals surface area contributed by atoms with Crippen LogP contribution in [0.3, 0.4) is 0 Å². The predicted octanol–water partition coefficient (Wildman–Crippen LogP) is 4.45. The van der Waals surface area contributed by atoms with Crippen LogP contribution in [0.15, 0.2) is 36.4 Å². The number of amides is 2. The molecule has 0 unspecified atom stereocenters. The summed E-state index contributed by atoms with van der Waals surface area (Å²) in [4.78, 5) is 27.0. The van der Waals surface area contributed by atoms with E-state index in [2.05, 4.69) is 5.32 Å². The van der Waals surface area contributed by atoms with E-state index in [-0.39, 0.29) is 34.0 Å². The largest absolute Gasteiger partial charge is 0.488 e. The Morgan fingerprint density at radius 3 is 2.53 bits per heavy atom. The number of halogens is 2. The van der Waals surface area contributed by atoms with Crippen molar-refractivity contribution in [1.82, 2.24) is 5.32 Å². The summed E-state index contributed by atoms with van der Waals surface area (Å²) in [5, 5.41) is 20.7. The molecule has 176 valence electrons. The molecule has 0 aromatic heterocycles. The molecule has 0 atom stereocenters. The summed E-state index contributed by atoms with van der Waals surface area (Å²) < 4.78 is 20.5. The van der Waals surface area contributed by atoms with Crippen molar-refractivity contribution in [3.8, 4) is 11.8 Å². The lowest BCUT2D eigenvalue weighted by Gasteiger charge is -2.29. The number of nitrogens with one attached hydrogen (secondary N) is 1. The van der Waals surface area contributed by atoms with Crippen LogP contribution in [-0.4, -0.2) is 39.9 Å². The summed E-state index contributed by atoms with van der Waals surface area (Å²) in [5.74, 6) is -1.05. The maximum absolute atomic E-state index is 14.9. The van der Waals surface area contributed by atoms with Gasteiger partial charge in [0, 0.05) is 11.8 Å². The van der Waals surface area contributed by atoms with Gasteiger partial charge in [0.05, 0.1) is 21.8 Å². The molecule has 34 heavy (non-hydrogen) atoms. The van der Waals surface area contributed by atoms with E-state index < -0.39 is 23.0 Å². The lowest BCUT2D eigenvalue weighted by molar-refractivity contribution is -0.120. The first kappa shape index (κ1) is 23.7.